The summed E-state index contributed by atoms with van der Waals surface area (Å²) in [5.74, 6) is -3.15. The van der Waals surface area contributed by atoms with E-state index in [1.165, 1.54) is 42.3 Å². The third-order valence-electron chi connectivity index (χ3n) is 11.6. The van der Waals surface area contributed by atoms with Crippen molar-refractivity contribution in [1.29, 1.82) is 0 Å². The van der Waals surface area contributed by atoms with Gasteiger partial charge in [-0.2, -0.15) is 0 Å². The van der Waals surface area contributed by atoms with Crippen LogP contribution in [-0.2, 0) is 57.9 Å². The second-order valence-electron chi connectivity index (χ2n) is 22.2. The molecular weight excluding hydrogens is 905 g/mol. The number of amides is 2. The average Bonchev–Trinajstić information content (AvgIpc) is 3.22. The number of halogens is 4. The van der Waals surface area contributed by atoms with Gasteiger partial charge in [-0.25, -0.2) is 22.4 Å². The SMILES string of the molecule is CC(=O)NC(Cc1cc(F)cc(F)c1)[C@H](O)CNC1COCc2ccc(CC(C)(C)C)cc21.CC(C)(C)Cc1ccc2c(c1)C(NC[C@@H](O)C(Cc1cc(F)cc(F)c1)NC(=O)OC(C)(C)C)COC2. The van der Waals surface area contributed by atoms with Crippen molar-refractivity contribution in [1.82, 2.24) is 21.3 Å². The van der Waals surface area contributed by atoms with Crippen LogP contribution in [0.25, 0.3) is 0 Å². The maximum atomic E-state index is 13.8. The molecule has 11 nitrogen and oxygen atoms in total. The largest absolute Gasteiger partial charge is 0.444 e. The van der Waals surface area contributed by atoms with Gasteiger partial charge >= 0.3 is 6.09 Å². The normalized spacial score (nSPS) is 17.7. The average molecular weight is 979 g/mol. The van der Waals surface area contributed by atoms with Gasteiger partial charge in [-0.05, 0) is 126 Å². The summed E-state index contributed by atoms with van der Waals surface area (Å²) in [5, 5.41) is 34.0. The van der Waals surface area contributed by atoms with Gasteiger partial charge in [-0.3, -0.25) is 4.79 Å². The van der Waals surface area contributed by atoms with Gasteiger partial charge in [0.15, 0.2) is 0 Å². The van der Waals surface area contributed by atoms with Crippen LogP contribution in [0.3, 0.4) is 0 Å². The van der Waals surface area contributed by atoms with Crippen LogP contribution in [0, 0.1) is 34.1 Å². The van der Waals surface area contributed by atoms with Crippen molar-refractivity contribution >= 4 is 12.0 Å². The fourth-order valence-corrected chi connectivity index (χ4v) is 8.80. The molecule has 0 saturated heterocycles. The zero-order valence-electron chi connectivity index (χ0n) is 42.4. The number of hydrogen-bond donors (Lipinski definition) is 6. The molecule has 6 N–H and O–H groups in total. The van der Waals surface area contributed by atoms with E-state index in [2.05, 4.69) is 99.2 Å². The van der Waals surface area contributed by atoms with E-state index < -0.39 is 59.3 Å². The summed E-state index contributed by atoms with van der Waals surface area (Å²) in [7, 11) is 0. The minimum absolute atomic E-state index is 0.0181. The van der Waals surface area contributed by atoms with Gasteiger partial charge in [-0.1, -0.05) is 77.9 Å². The van der Waals surface area contributed by atoms with Crippen LogP contribution in [-0.4, -0.2) is 78.4 Å². The lowest BCUT2D eigenvalue weighted by Gasteiger charge is -2.31. The molecule has 4 aromatic carbocycles. The number of benzene rings is 4. The Kier molecular flexibility index (Phi) is 19.6. The van der Waals surface area contributed by atoms with E-state index in [4.69, 9.17) is 14.2 Å². The minimum atomic E-state index is -1.07. The Morgan fingerprint density at radius 3 is 1.34 bits per heavy atom. The van der Waals surface area contributed by atoms with Gasteiger partial charge < -0.3 is 45.7 Å². The number of hydrogen-bond acceptors (Lipinski definition) is 9. The van der Waals surface area contributed by atoms with E-state index >= 15 is 0 Å². The molecule has 2 aliphatic rings. The van der Waals surface area contributed by atoms with E-state index in [9.17, 15) is 37.4 Å². The number of aliphatic hydroxyl groups is 2. The highest BCUT2D eigenvalue weighted by molar-refractivity contribution is 5.73. The minimum Gasteiger partial charge on any atom is -0.444 e. The van der Waals surface area contributed by atoms with Gasteiger partial charge in [-0.15, -0.1) is 0 Å². The van der Waals surface area contributed by atoms with Crippen LogP contribution < -0.4 is 21.3 Å². The summed E-state index contributed by atoms with van der Waals surface area (Å²) in [6.07, 6.45) is -0.750. The number of fused-ring (bicyclic) bond motifs is 2. The molecule has 70 heavy (non-hydrogen) atoms. The molecule has 0 fully saturated rings. The lowest BCUT2D eigenvalue weighted by Crippen LogP contribution is -2.50. The van der Waals surface area contributed by atoms with E-state index in [-0.39, 0.29) is 54.8 Å². The Balaban J connectivity index is 0.000000262. The highest BCUT2D eigenvalue weighted by Crippen LogP contribution is 2.31. The summed E-state index contributed by atoms with van der Waals surface area (Å²) < 4.78 is 71.6. The molecule has 384 valence electrons. The quantitative estimate of drug-likeness (QED) is 0.0605. The second-order valence-corrected chi connectivity index (χ2v) is 22.2. The Morgan fingerprint density at radius 2 is 0.986 bits per heavy atom. The summed E-state index contributed by atoms with van der Waals surface area (Å²) in [4.78, 5) is 24.2. The third kappa shape index (κ3) is 18.7. The Morgan fingerprint density at radius 1 is 0.600 bits per heavy atom. The second kappa shape index (κ2) is 24.5. The first-order chi connectivity index (χ1) is 32.7. The molecule has 0 spiro atoms. The molecule has 2 heterocycles. The fourth-order valence-electron chi connectivity index (χ4n) is 8.80. The lowest BCUT2D eigenvalue weighted by molar-refractivity contribution is -0.120. The molecule has 6 rings (SSSR count). The molecule has 0 bridgehead atoms. The number of aliphatic hydroxyl groups excluding tert-OH is 2. The molecule has 0 radical (unpaired) electrons. The van der Waals surface area contributed by atoms with Gasteiger partial charge in [0.25, 0.3) is 0 Å². The molecule has 0 aromatic heterocycles. The standard InChI is InChI=1S/C29H40F2N2O4.C26H34F2N2O3/c1-28(2,3)14-18-7-8-20-16-36-17-25(23(20)11-18)32-15-26(34)24(33-27(35)37-29(4,5)6)12-19-9-21(30)13-22(31)10-19;1-16(31)30-23(10-18-7-20(27)11-21(28)8-18)25(32)13-29-24-15-33-14-19-6-5-17(9-22(19)24)12-26(2,3)4/h7-11,13,24-26,32,34H,12,14-17H2,1-6H3,(H,33,35);5-9,11,23-25,29,32H,10,12-15H2,1-4H3,(H,30,31)/t24?,25?,26-;23?,24?,25-/m11/s1. The van der Waals surface area contributed by atoms with E-state index in [1.807, 2.05) is 0 Å². The predicted octanol–water partition coefficient (Wildman–Crippen LogP) is 9.03. The predicted molar refractivity (Wildman–Crippen MR) is 263 cm³/mol. The van der Waals surface area contributed by atoms with Crippen LogP contribution in [0.2, 0.25) is 0 Å². The van der Waals surface area contributed by atoms with Gasteiger partial charge in [0.05, 0.1) is 62.8 Å². The first-order valence-electron chi connectivity index (χ1n) is 24.1. The molecule has 4 unspecified atom stereocenters. The molecule has 4 aromatic rings. The summed E-state index contributed by atoms with van der Waals surface area (Å²) in [5.41, 5.74) is 7.22. The van der Waals surface area contributed by atoms with Crippen LogP contribution in [0.1, 0.15) is 126 Å². The van der Waals surface area contributed by atoms with Crippen molar-refractivity contribution in [2.45, 2.75) is 150 Å². The molecule has 0 saturated carbocycles. The van der Waals surface area contributed by atoms with E-state index in [0.29, 0.717) is 37.6 Å². The number of ether oxygens (including phenoxy) is 3. The third-order valence-corrected chi connectivity index (χ3v) is 11.6. The molecule has 2 amide bonds. The van der Waals surface area contributed by atoms with Gasteiger partial charge in [0.1, 0.15) is 28.9 Å². The van der Waals surface area contributed by atoms with Crippen molar-refractivity contribution in [3.8, 4) is 0 Å². The molecule has 6 atom stereocenters. The highest BCUT2D eigenvalue weighted by atomic mass is 19.1. The zero-order chi connectivity index (χ0) is 51.6. The summed E-state index contributed by atoms with van der Waals surface area (Å²) in [6.45, 7) is 22.0. The van der Waals surface area contributed by atoms with Crippen molar-refractivity contribution in [3.05, 3.63) is 141 Å². The van der Waals surface area contributed by atoms with E-state index in [0.717, 1.165) is 47.2 Å². The summed E-state index contributed by atoms with van der Waals surface area (Å²) >= 11 is 0. The van der Waals surface area contributed by atoms with E-state index in [1.54, 1.807) is 20.8 Å². The number of alkyl carbamates (subject to hydrolysis) is 1. The van der Waals surface area contributed by atoms with Crippen molar-refractivity contribution in [2.75, 3.05) is 26.3 Å². The van der Waals surface area contributed by atoms with Gasteiger partial charge in [0.2, 0.25) is 5.91 Å². The highest BCUT2D eigenvalue weighted by Gasteiger charge is 2.30. The van der Waals surface area contributed by atoms with Crippen LogP contribution in [0.15, 0.2) is 72.8 Å². The van der Waals surface area contributed by atoms with Crippen LogP contribution >= 0.6 is 0 Å². The maximum absolute atomic E-state index is 13.8. The van der Waals surface area contributed by atoms with Crippen molar-refractivity contribution < 1.29 is 51.6 Å². The Bertz CT molecular complexity index is 2340. The Labute approximate surface area is 411 Å². The molecule has 15 heteroatoms. The first kappa shape index (κ1) is 56.0. The Hall–Kier alpha value is -4.90. The smallest absolute Gasteiger partial charge is 0.407 e. The van der Waals surface area contributed by atoms with Crippen LogP contribution in [0.4, 0.5) is 22.4 Å². The molecular formula is C55H74F4N4O7. The number of rotatable bonds is 16. The van der Waals surface area contributed by atoms with Crippen molar-refractivity contribution in [2.24, 2.45) is 10.8 Å². The topological polar surface area (TPSA) is 150 Å². The molecule has 2 aliphatic heterocycles. The monoisotopic (exact) mass is 979 g/mol. The lowest BCUT2D eigenvalue weighted by atomic mass is 9.86. The van der Waals surface area contributed by atoms with Gasteiger partial charge in [0, 0.05) is 32.1 Å². The first-order valence-corrected chi connectivity index (χ1v) is 24.1. The number of carbonyl (C=O) groups excluding carboxylic acids is 2. The number of nitrogens with one attached hydrogen (secondary N) is 4. The molecule has 0 aliphatic carbocycles. The zero-order valence-corrected chi connectivity index (χ0v) is 42.4. The maximum Gasteiger partial charge on any atom is 0.407 e. The number of carbonyl (C=O) groups is 2. The summed E-state index contributed by atoms with van der Waals surface area (Å²) in [6, 6.07) is 17.4. The fraction of sp³-hybridized carbons (Fsp3) is 0.527. The van der Waals surface area contributed by atoms with Crippen LogP contribution in [0.5, 0.6) is 0 Å². The van der Waals surface area contributed by atoms with Crippen molar-refractivity contribution in [3.63, 3.8) is 0 Å².